The van der Waals surface area contributed by atoms with Crippen molar-refractivity contribution in [3.05, 3.63) is 35.4 Å². The molecule has 0 bridgehead atoms. The van der Waals surface area contributed by atoms with E-state index in [0.717, 1.165) is 24.0 Å². The molecular formula is C15H25N3O2S. The van der Waals surface area contributed by atoms with E-state index in [1.807, 2.05) is 24.3 Å². The summed E-state index contributed by atoms with van der Waals surface area (Å²) in [7, 11) is -1.73. The SMILES string of the molecule is CC1CCCN(S(=O)(=O)N(C)Cc2cccc(CN)c2)C1. The molecule has 1 fully saturated rings. The van der Waals surface area contributed by atoms with E-state index < -0.39 is 10.2 Å². The molecule has 6 heteroatoms. The van der Waals surface area contributed by atoms with Gasteiger partial charge in [-0.15, -0.1) is 0 Å². The number of hydrogen-bond acceptors (Lipinski definition) is 3. The number of benzene rings is 1. The van der Waals surface area contributed by atoms with Crippen LogP contribution in [0.5, 0.6) is 0 Å². The average Bonchev–Trinajstić information content (AvgIpc) is 2.47. The minimum atomic E-state index is -3.38. The molecule has 2 N–H and O–H groups in total. The van der Waals surface area contributed by atoms with E-state index in [-0.39, 0.29) is 0 Å². The number of piperidine rings is 1. The van der Waals surface area contributed by atoms with Crippen LogP contribution in [-0.4, -0.2) is 37.2 Å². The van der Waals surface area contributed by atoms with Gasteiger partial charge in [-0.2, -0.15) is 17.0 Å². The highest BCUT2D eigenvalue weighted by Crippen LogP contribution is 2.21. The Morgan fingerprint density at radius 3 is 2.76 bits per heavy atom. The van der Waals surface area contributed by atoms with Crippen LogP contribution in [0.15, 0.2) is 24.3 Å². The monoisotopic (exact) mass is 311 g/mol. The molecule has 2 rings (SSSR count). The van der Waals surface area contributed by atoms with Gasteiger partial charge in [-0.3, -0.25) is 0 Å². The van der Waals surface area contributed by atoms with E-state index in [9.17, 15) is 8.42 Å². The summed E-state index contributed by atoms with van der Waals surface area (Å²) < 4.78 is 28.3. The van der Waals surface area contributed by atoms with Crippen molar-refractivity contribution in [3.63, 3.8) is 0 Å². The van der Waals surface area contributed by atoms with Crippen LogP contribution in [0.2, 0.25) is 0 Å². The van der Waals surface area contributed by atoms with Crippen molar-refractivity contribution in [1.29, 1.82) is 0 Å². The fourth-order valence-electron chi connectivity index (χ4n) is 2.75. The summed E-state index contributed by atoms with van der Waals surface area (Å²) in [6.07, 6.45) is 2.05. The van der Waals surface area contributed by atoms with E-state index >= 15 is 0 Å². The zero-order valence-electron chi connectivity index (χ0n) is 12.8. The Kier molecular flexibility index (Phi) is 5.37. The van der Waals surface area contributed by atoms with Gasteiger partial charge in [0.15, 0.2) is 0 Å². The van der Waals surface area contributed by atoms with Crippen molar-refractivity contribution in [2.24, 2.45) is 11.7 Å². The molecule has 0 saturated carbocycles. The minimum Gasteiger partial charge on any atom is -0.326 e. The molecular weight excluding hydrogens is 286 g/mol. The highest BCUT2D eigenvalue weighted by molar-refractivity contribution is 7.86. The zero-order valence-corrected chi connectivity index (χ0v) is 13.6. The Morgan fingerprint density at radius 2 is 2.10 bits per heavy atom. The van der Waals surface area contributed by atoms with Crippen LogP contribution in [0, 0.1) is 5.92 Å². The summed E-state index contributed by atoms with van der Waals surface area (Å²) >= 11 is 0. The van der Waals surface area contributed by atoms with E-state index in [4.69, 9.17) is 5.73 Å². The lowest BCUT2D eigenvalue weighted by molar-refractivity contribution is 0.263. The van der Waals surface area contributed by atoms with Crippen molar-refractivity contribution in [2.75, 3.05) is 20.1 Å². The second-order valence-corrected chi connectivity index (χ2v) is 7.93. The first kappa shape index (κ1) is 16.4. The van der Waals surface area contributed by atoms with Crippen molar-refractivity contribution < 1.29 is 8.42 Å². The first-order valence-corrected chi connectivity index (χ1v) is 8.82. The van der Waals surface area contributed by atoms with Crippen molar-refractivity contribution in [1.82, 2.24) is 8.61 Å². The molecule has 1 aliphatic rings. The molecule has 118 valence electrons. The van der Waals surface area contributed by atoms with E-state index in [2.05, 4.69) is 6.92 Å². The molecule has 1 atom stereocenters. The van der Waals surface area contributed by atoms with Crippen LogP contribution in [0.3, 0.4) is 0 Å². The van der Waals surface area contributed by atoms with Gasteiger partial charge in [0.25, 0.3) is 10.2 Å². The highest BCUT2D eigenvalue weighted by atomic mass is 32.2. The summed E-state index contributed by atoms with van der Waals surface area (Å²) in [6.45, 7) is 4.19. The zero-order chi connectivity index (χ0) is 15.5. The van der Waals surface area contributed by atoms with Crippen LogP contribution in [0.25, 0.3) is 0 Å². The van der Waals surface area contributed by atoms with Gasteiger partial charge in [0.2, 0.25) is 0 Å². The largest absolute Gasteiger partial charge is 0.326 e. The Bertz CT molecular complexity index is 574. The highest BCUT2D eigenvalue weighted by Gasteiger charge is 2.30. The molecule has 5 nitrogen and oxygen atoms in total. The molecule has 1 saturated heterocycles. The standard InChI is InChI=1S/C15H25N3O2S/c1-13-5-4-8-18(11-13)21(19,20)17(2)12-15-7-3-6-14(9-15)10-16/h3,6-7,9,13H,4-5,8,10-12,16H2,1-2H3. The quantitative estimate of drug-likeness (QED) is 0.897. The molecule has 0 radical (unpaired) electrons. The van der Waals surface area contributed by atoms with Crippen LogP contribution >= 0.6 is 0 Å². The Hall–Kier alpha value is -0.950. The fourth-order valence-corrected chi connectivity index (χ4v) is 4.26. The van der Waals surface area contributed by atoms with Gasteiger partial charge in [-0.1, -0.05) is 31.2 Å². The molecule has 0 aromatic heterocycles. The van der Waals surface area contributed by atoms with Crippen molar-refractivity contribution in [2.45, 2.75) is 32.9 Å². The molecule has 0 spiro atoms. The lowest BCUT2D eigenvalue weighted by atomic mass is 10.0. The molecule has 0 aliphatic carbocycles. The average molecular weight is 311 g/mol. The smallest absolute Gasteiger partial charge is 0.282 e. The van der Waals surface area contributed by atoms with Gasteiger partial charge in [-0.25, -0.2) is 0 Å². The Balaban J connectivity index is 2.08. The lowest BCUT2D eigenvalue weighted by Gasteiger charge is -2.33. The van der Waals surface area contributed by atoms with Crippen molar-refractivity contribution in [3.8, 4) is 0 Å². The Morgan fingerprint density at radius 1 is 1.38 bits per heavy atom. The number of nitrogens with zero attached hydrogens (tertiary/aromatic N) is 2. The second-order valence-electron chi connectivity index (χ2n) is 5.89. The third-order valence-electron chi connectivity index (χ3n) is 3.97. The minimum absolute atomic E-state index is 0.376. The first-order chi connectivity index (χ1) is 9.93. The topological polar surface area (TPSA) is 66.6 Å². The molecule has 0 amide bonds. The van der Waals surface area contributed by atoms with Gasteiger partial charge in [0.05, 0.1) is 0 Å². The third-order valence-corrected chi connectivity index (χ3v) is 5.87. The maximum absolute atomic E-state index is 12.6. The van der Waals surface area contributed by atoms with Gasteiger partial charge in [0, 0.05) is 33.2 Å². The second kappa shape index (κ2) is 6.87. The summed E-state index contributed by atoms with van der Waals surface area (Å²) in [5.74, 6) is 0.433. The van der Waals surface area contributed by atoms with Crippen LogP contribution in [-0.2, 0) is 23.3 Å². The third kappa shape index (κ3) is 4.03. The molecule has 1 unspecified atom stereocenters. The molecule has 1 aromatic carbocycles. The maximum Gasteiger partial charge on any atom is 0.282 e. The summed E-state index contributed by atoms with van der Waals surface area (Å²) in [5, 5.41) is 0. The van der Waals surface area contributed by atoms with Crippen molar-refractivity contribution >= 4 is 10.2 Å². The predicted molar refractivity (Wildman–Crippen MR) is 84.7 cm³/mol. The summed E-state index contributed by atoms with van der Waals surface area (Å²) in [6, 6.07) is 7.76. The molecule has 1 heterocycles. The fraction of sp³-hybridized carbons (Fsp3) is 0.600. The molecule has 21 heavy (non-hydrogen) atoms. The first-order valence-electron chi connectivity index (χ1n) is 7.42. The van der Waals surface area contributed by atoms with Gasteiger partial charge >= 0.3 is 0 Å². The lowest BCUT2D eigenvalue weighted by Crippen LogP contribution is -2.46. The predicted octanol–water partition coefficient (Wildman–Crippen LogP) is 1.55. The summed E-state index contributed by atoms with van der Waals surface area (Å²) in [5.41, 5.74) is 7.61. The van der Waals surface area contributed by atoms with E-state index in [0.29, 0.717) is 32.1 Å². The Labute approximate surface area is 127 Å². The maximum atomic E-state index is 12.6. The van der Waals surface area contributed by atoms with Crippen LogP contribution < -0.4 is 5.73 Å². The van der Waals surface area contributed by atoms with Gasteiger partial charge in [-0.05, 0) is 29.9 Å². The number of rotatable bonds is 5. The van der Waals surface area contributed by atoms with Gasteiger partial charge < -0.3 is 5.73 Å². The number of hydrogen-bond donors (Lipinski definition) is 1. The summed E-state index contributed by atoms with van der Waals surface area (Å²) in [4.78, 5) is 0. The molecule has 1 aromatic rings. The van der Waals surface area contributed by atoms with E-state index in [1.54, 1.807) is 11.4 Å². The molecule has 1 aliphatic heterocycles. The number of nitrogens with two attached hydrogens (primary N) is 1. The van der Waals surface area contributed by atoms with Crippen LogP contribution in [0.1, 0.15) is 30.9 Å². The normalized spacial score (nSPS) is 20.9. The van der Waals surface area contributed by atoms with Crippen LogP contribution in [0.4, 0.5) is 0 Å². The van der Waals surface area contributed by atoms with E-state index in [1.165, 1.54) is 4.31 Å². The van der Waals surface area contributed by atoms with Gasteiger partial charge in [0.1, 0.15) is 0 Å².